The summed E-state index contributed by atoms with van der Waals surface area (Å²) in [6.07, 6.45) is 8.17. The van der Waals surface area contributed by atoms with Crippen LogP contribution in [0.2, 0.25) is 5.02 Å². The van der Waals surface area contributed by atoms with Crippen LogP contribution in [0.1, 0.15) is 36.0 Å². The van der Waals surface area contributed by atoms with Crippen molar-refractivity contribution in [3.05, 3.63) is 94.8 Å². The van der Waals surface area contributed by atoms with Gasteiger partial charge in [-0.3, -0.25) is 4.98 Å². The Bertz CT molecular complexity index is 1110. The predicted molar refractivity (Wildman–Crippen MR) is 137 cm³/mol. The van der Waals surface area contributed by atoms with E-state index in [1.807, 2.05) is 54.7 Å². The molecule has 0 unspecified atom stereocenters. The Morgan fingerprint density at radius 3 is 2.50 bits per heavy atom. The number of likely N-dealkylation sites (tertiary alicyclic amines) is 1. The second-order valence-electron chi connectivity index (χ2n) is 8.59. The van der Waals surface area contributed by atoms with Gasteiger partial charge in [0.15, 0.2) is 0 Å². The topological polar surface area (TPSA) is 54.8 Å². The number of benzene rings is 2. The third-order valence-electron chi connectivity index (χ3n) is 6.53. The molecule has 0 spiro atoms. The van der Waals surface area contributed by atoms with Gasteiger partial charge in [-0.25, -0.2) is 0 Å². The van der Waals surface area contributed by atoms with Crippen LogP contribution in [0.15, 0.2) is 73.1 Å². The predicted octanol–water partition coefficient (Wildman–Crippen LogP) is 5.56. The number of hydrogen-bond acceptors (Lipinski definition) is 5. The van der Waals surface area contributed by atoms with E-state index >= 15 is 0 Å². The Kier molecular flexibility index (Phi) is 7.88. The molecule has 34 heavy (non-hydrogen) atoms. The third kappa shape index (κ3) is 5.61. The Morgan fingerprint density at radius 1 is 1.09 bits per heavy atom. The number of aliphatic hydroxyl groups is 1. The van der Waals surface area contributed by atoms with Crippen LogP contribution in [-0.2, 0) is 5.60 Å². The van der Waals surface area contributed by atoms with Gasteiger partial charge in [-0.2, -0.15) is 0 Å². The molecule has 0 radical (unpaired) electrons. The van der Waals surface area contributed by atoms with Gasteiger partial charge in [0.1, 0.15) is 11.5 Å². The molecule has 0 aliphatic carbocycles. The van der Waals surface area contributed by atoms with Crippen LogP contribution in [0.3, 0.4) is 0 Å². The number of nitrogens with zero attached hydrogens (tertiary/aromatic N) is 2. The second kappa shape index (κ2) is 11.0. The fourth-order valence-corrected chi connectivity index (χ4v) is 4.64. The Labute approximate surface area is 206 Å². The smallest absolute Gasteiger partial charge is 0.126 e. The lowest BCUT2D eigenvalue weighted by Gasteiger charge is -2.38. The molecule has 1 aromatic heterocycles. The maximum atomic E-state index is 11.2. The van der Waals surface area contributed by atoms with Crippen molar-refractivity contribution in [3.8, 4) is 11.5 Å². The molecule has 0 bridgehead atoms. The highest BCUT2D eigenvalue weighted by Crippen LogP contribution is 2.35. The van der Waals surface area contributed by atoms with E-state index in [0.29, 0.717) is 17.9 Å². The largest absolute Gasteiger partial charge is 0.497 e. The zero-order valence-corrected chi connectivity index (χ0v) is 20.5. The molecule has 3 aromatic rings. The zero-order chi connectivity index (χ0) is 24.0. The fourth-order valence-electron chi connectivity index (χ4n) is 4.52. The van der Waals surface area contributed by atoms with Crippen LogP contribution < -0.4 is 9.47 Å². The first-order chi connectivity index (χ1) is 16.5. The summed E-state index contributed by atoms with van der Waals surface area (Å²) in [5.41, 5.74) is 3.24. The molecule has 5 nitrogen and oxygen atoms in total. The summed E-state index contributed by atoms with van der Waals surface area (Å²) in [4.78, 5) is 6.73. The lowest BCUT2D eigenvalue weighted by atomic mass is 9.84. The number of piperidine rings is 1. The van der Waals surface area contributed by atoms with Crippen molar-refractivity contribution in [1.82, 2.24) is 9.88 Å². The standard InChI is InChI=1S/C28H31ClN2O3/c1-33-24-11-12-27(34-2)26(19-24)25(21-5-3-15-30-20-21)6-4-16-31-17-13-28(32,14-18-31)22-7-9-23(29)10-8-22/h3,5-12,15,19-20,32H,4,13-14,16-18H2,1-2H3/b25-6+. The summed E-state index contributed by atoms with van der Waals surface area (Å²) in [7, 11) is 3.35. The number of rotatable bonds is 8. The average Bonchev–Trinajstić information content (AvgIpc) is 2.88. The summed E-state index contributed by atoms with van der Waals surface area (Å²) in [6, 6.07) is 17.4. The van der Waals surface area contributed by atoms with Crippen molar-refractivity contribution in [2.24, 2.45) is 0 Å². The molecule has 1 aliphatic rings. The number of pyridine rings is 1. The van der Waals surface area contributed by atoms with E-state index in [-0.39, 0.29) is 0 Å². The maximum absolute atomic E-state index is 11.2. The molecule has 1 fully saturated rings. The van der Waals surface area contributed by atoms with E-state index in [9.17, 15) is 5.11 Å². The Balaban J connectivity index is 1.48. The lowest BCUT2D eigenvalue weighted by Crippen LogP contribution is -2.42. The van der Waals surface area contributed by atoms with Crippen molar-refractivity contribution in [3.63, 3.8) is 0 Å². The fraction of sp³-hybridized carbons (Fsp3) is 0.321. The molecule has 1 saturated heterocycles. The van der Waals surface area contributed by atoms with Crippen molar-refractivity contribution in [2.75, 3.05) is 33.9 Å². The van der Waals surface area contributed by atoms with Crippen LogP contribution in [0, 0.1) is 0 Å². The molecule has 0 atom stereocenters. The van der Waals surface area contributed by atoms with Crippen molar-refractivity contribution < 1.29 is 14.6 Å². The molecule has 1 aliphatic heterocycles. The summed E-state index contributed by atoms with van der Waals surface area (Å²) in [6.45, 7) is 2.60. The molecular weight excluding hydrogens is 448 g/mol. The van der Waals surface area contributed by atoms with Gasteiger partial charge in [0.05, 0.1) is 19.8 Å². The lowest BCUT2D eigenvalue weighted by molar-refractivity contribution is -0.0254. The van der Waals surface area contributed by atoms with E-state index in [0.717, 1.165) is 59.8 Å². The Morgan fingerprint density at radius 2 is 1.85 bits per heavy atom. The molecule has 0 amide bonds. The molecular formula is C28H31ClN2O3. The molecule has 2 heterocycles. The SMILES string of the molecule is COc1ccc(OC)c(/C(=C/CCN2CCC(O)(c3ccc(Cl)cc3)CC2)c2cccnc2)c1. The highest BCUT2D eigenvalue weighted by atomic mass is 35.5. The van der Waals surface area contributed by atoms with Gasteiger partial charge in [-0.1, -0.05) is 35.9 Å². The molecule has 4 rings (SSSR count). The zero-order valence-electron chi connectivity index (χ0n) is 19.7. The minimum atomic E-state index is -0.786. The number of hydrogen-bond donors (Lipinski definition) is 1. The van der Waals surface area contributed by atoms with E-state index in [1.54, 1.807) is 20.4 Å². The summed E-state index contributed by atoms with van der Waals surface area (Å²) in [5, 5.41) is 11.8. The van der Waals surface area contributed by atoms with Crippen molar-refractivity contribution in [2.45, 2.75) is 24.9 Å². The van der Waals surface area contributed by atoms with Crippen LogP contribution in [0.5, 0.6) is 11.5 Å². The summed E-state index contributed by atoms with van der Waals surface area (Å²) < 4.78 is 11.1. The third-order valence-corrected chi connectivity index (χ3v) is 6.78. The maximum Gasteiger partial charge on any atom is 0.126 e. The van der Waals surface area contributed by atoms with Crippen LogP contribution in [0.25, 0.3) is 5.57 Å². The molecule has 178 valence electrons. The molecule has 1 N–H and O–H groups in total. The molecule has 0 saturated carbocycles. The quantitative estimate of drug-likeness (QED) is 0.459. The van der Waals surface area contributed by atoms with E-state index in [2.05, 4.69) is 22.0 Å². The van der Waals surface area contributed by atoms with Gasteiger partial charge in [0.2, 0.25) is 0 Å². The highest BCUT2D eigenvalue weighted by Gasteiger charge is 2.33. The van der Waals surface area contributed by atoms with Crippen molar-refractivity contribution in [1.29, 1.82) is 0 Å². The number of methoxy groups -OCH3 is 2. The Hall–Kier alpha value is -2.86. The van der Waals surface area contributed by atoms with Gasteiger partial charge >= 0.3 is 0 Å². The minimum Gasteiger partial charge on any atom is -0.497 e. The minimum absolute atomic E-state index is 0.689. The highest BCUT2D eigenvalue weighted by molar-refractivity contribution is 6.30. The van der Waals surface area contributed by atoms with Crippen LogP contribution in [-0.4, -0.2) is 48.8 Å². The van der Waals surface area contributed by atoms with Crippen LogP contribution >= 0.6 is 11.6 Å². The first kappa shape index (κ1) is 24.3. The van der Waals surface area contributed by atoms with Gasteiger partial charge in [-0.05, 0) is 66.8 Å². The average molecular weight is 479 g/mol. The van der Waals surface area contributed by atoms with E-state index < -0.39 is 5.60 Å². The molecule has 2 aromatic carbocycles. The monoisotopic (exact) mass is 478 g/mol. The van der Waals surface area contributed by atoms with Crippen LogP contribution in [0.4, 0.5) is 0 Å². The normalized spacial score (nSPS) is 16.3. The van der Waals surface area contributed by atoms with E-state index in [1.165, 1.54) is 0 Å². The van der Waals surface area contributed by atoms with Gasteiger partial charge in [0, 0.05) is 48.2 Å². The molecule has 6 heteroatoms. The van der Waals surface area contributed by atoms with E-state index in [4.69, 9.17) is 21.1 Å². The van der Waals surface area contributed by atoms with Gasteiger partial charge < -0.3 is 19.5 Å². The second-order valence-corrected chi connectivity index (χ2v) is 9.03. The van der Waals surface area contributed by atoms with Crippen molar-refractivity contribution >= 4 is 17.2 Å². The first-order valence-electron chi connectivity index (χ1n) is 11.6. The number of halogens is 1. The van der Waals surface area contributed by atoms with Gasteiger partial charge in [0.25, 0.3) is 0 Å². The summed E-state index contributed by atoms with van der Waals surface area (Å²) >= 11 is 6.01. The summed E-state index contributed by atoms with van der Waals surface area (Å²) in [5.74, 6) is 1.57. The number of ether oxygens (including phenoxy) is 2. The first-order valence-corrected chi connectivity index (χ1v) is 11.9. The number of aromatic nitrogens is 1. The van der Waals surface area contributed by atoms with Gasteiger partial charge in [-0.15, -0.1) is 0 Å².